The number of halogens is 1. The lowest BCUT2D eigenvalue weighted by molar-refractivity contribution is 0.340. The topological polar surface area (TPSA) is 81.4 Å². The van der Waals surface area contributed by atoms with Gasteiger partial charge < -0.3 is 10.5 Å². The normalized spacial score (nSPS) is 11.1. The molecule has 3 N–H and O–H groups in total. The van der Waals surface area contributed by atoms with Gasteiger partial charge >= 0.3 is 0 Å². The summed E-state index contributed by atoms with van der Waals surface area (Å²) in [7, 11) is -3.71. The second-order valence-electron chi connectivity index (χ2n) is 4.26. The van der Waals surface area contributed by atoms with Crippen molar-refractivity contribution >= 4 is 33.0 Å². The number of rotatable bonds is 5. The van der Waals surface area contributed by atoms with Crippen LogP contribution in [0.2, 0.25) is 5.02 Å². The Balaban J connectivity index is 2.27. The highest BCUT2D eigenvalue weighted by Crippen LogP contribution is 2.28. The molecule has 21 heavy (non-hydrogen) atoms. The third-order valence-corrected chi connectivity index (χ3v) is 4.33. The van der Waals surface area contributed by atoms with Gasteiger partial charge in [0.15, 0.2) is 0 Å². The van der Waals surface area contributed by atoms with Crippen molar-refractivity contribution < 1.29 is 13.2 Å². The summed E-state index contributed by atoms with van der Waals surface area (Å²) in [6, 6.07) is 10.7. The van der Waals surface area contributed by atoms with Crippen molar-refractivity contribution in [3.63, 3.8) is 0 Å². The number of ether oxygens (including phenoxy) is 1. The Morgan fingerprint density at radius 2 is 2.00 bits per heavy atom. The average Bonchev–Trinajstić information content (AvgIpc) is 2.42. The van der Waals surface area contributed by atoms with E-state index in [9.17, 15) is 8.42 Å². The van der Waals surface area contributed by atoms with Crippen LogP contribution in [0.25, 0.3) is 0 Å². The molecule has 0 unspecified atom stereocenters. The van der Waals surface area contributed by atoms with Crippen LogP contribution in [0, 0.1) is 0 Å². The molecule has 0 saturated heterocycles. The Morgan fingerprint density at radius 3 is 2.62 bits per heavy atom. The first-order valence-corrected chi connectivity index (χ1v) is 8.09. The van der Waals surface area contributed by atoms with Gasteiger partial charge in [-0.05, 0) is 43.3 Å². The number of nitrogens with one attached hydrogen (secondary N) is 1. The van der Waals surface area contributed by atoms with Crippen molar-refractivity contribution in [1.29, 1.82) is 0 Å². The van der Waals surface area contributed by atoms with E-state index in [-0.39, 0.29) is 4.90 Å². The maximum Gasteiger partial charge on any atom is 0.261 e. The summed E-state index contributed by atoms with van der Waals surface area (Å²) in [6.45, 7) is 2.32. The maximum atomic E-state index is 12.2. The first-order chi connectivity index (χ1) is 9.92. The second kappa shape index (κ2) is 6.24. The number of anilines is 2. The quantitative estimate of drug-likeness (QED) is 0.827. The maximum absolute atomic E-state index is 12.2. The number of sulfonamides is 1. The predicted molar refractivity (Wildman–Crippen MR) is 84.3 cm³/mol. The Kier molecular flexibility index (Phi) is 4.59. The van der Waals surface area contributed by atoms with E-state index in [1.54, 1.807) is 24.3 Å². The van der Waals surface area contributed by atoms with Crippen molar-refractivity contribution in [1.82, 2.24) is 0 Å². The fourth-order valence-electron chi connectivity index (χ4n) is 1.73. The van der Waals surface area contributed by atoms with Gasteiger partial charge in [0.1, 0.15) is 5.75 Å². The van der Waals surface area contributed by atoms with Crippen LogP contribution in [0.15, 0.2) is 47.4 Å². The first-order valence-electron chi connectivity index (χ1n) is 6.23. The largest absolute Gasteiger partial charge is 0.492 e. The molecule has 0 aliphatic rings. The Morgan fingerprint density at radius 1 is 1.24 bits per heavy atom. The molecule has 0 aromatic heterocycles. The van der Waals surface area contributed by atoms with Crippen LogP contribution >= 0.6 is 11.6 Å². The Labute approximate surface area is 128 Å². The molecular weight excluding hydrogens is 312 g/mol. The summed E-state index contributed by atoms with van der Waals surface area (Å²) >= 11 is 6.03. The zero-order valence-electron chi connectivity index (χ0n) is 11.3. The molecule has 0 spiro atoms. The lowest BCUT2D eigenvalue weighted by Crippen LogP contribution is -2.13. The van der Waals surface area contributed by atoms with Crippen LogP contribution in [0.1, 0.15) is 6.92 Å². The molecular formula is C14H15ClN2O3S. The summed E-state index contributed by atoms with van der Waals surface area (Å²) in [5.74, 6) is 0.506. The van der Waals surface area contributed by atoms with Crippen LogP contribution in [0.4, 0.5) is 11.4 Å². The van der Waals surface area contributed by atoms with Gasteiger partial charge in [0.05, 0.1) is 22.2 Å². The summed E-state index contributed by atoms with van der Waals surface area (Å²) < 4.78 is 32.2. The van der Waals surface area contributed by atoms with E-state index in [0.29, 0.717) is 28.8 Å². The molecule has 0 heterocycles. The molecule has 2 aromatic rings. The molecule has 0 aliphatic heterocycles. The molecule has 2 rings (SSSR count). The Hall–Kier alpha value is -1.92. The number of benzene rings is 2. The molecule has 0 bridgehead atoms. The van der Waals surface area contributed by atoms with E-state index in [0.717, 1.165) is 0 Å². The van der Waals surface area contributed by atoms with Gasteiger partial charge in [0.2, 0.25) is 0 Å². The zero-order valence-corrected chi connectivity index (χ0v) is 12.9. The highest BCUT2D eigenvalue weighted by molar-refractivity contribution is 7.92. The van der Waals surface area contributed by atoms with Crippen molar-refractivity contribution in [2.75, 3.05) is 17.1 Å². The number of nitrogens with two attached hydrogens (primary N) is 1. The fraction of sp³-hybridized carbons (Fsp3) is 0.143. The van der Waals surface area contributed by atoms with E-state index in [1.807, 2.05) is 6.92 Å². The van der Waals surface area contributed by atoms with Gasteiger partial charge in [-0.3, -0.25) is 4.72 Å². The monoisotopic (exact) mass is 326 g/mol. The smallest absolute Gasteiger partial charge is 0.261 e. The van der Waals surface area contributed by atoms with Crippen molar-refractivity contribution in [2.45, 2.75) is 11.8 Å². The van der Waals surface area contributed by atoms with Gasteiger partial charge in [0, 0.05) is 5.69 Å². The second-order valence-corrected chi connectivity index (χ2v) is 6.35. The molecule has 0 atom stereocenters. The summed E-state index contributed by atoms with van der Waals surface area (Å²) in [5, 5.41) is 0.338. The highest BCUT2D eigenvalue weighted by atomic mass is 35.5. The Bertz CT molecular complexity index is 748. The summed E-state index contributed by atoms with van der Waals surface area (Å²) in [6.07, 6.45) is 0. The van der Waals surface area contributed by atoms with Crippen LogP contribution < -0.4 is 15.2 Å². The van der Waals surface area contributed by atoms with Gasteiger partial charge in [-0.2, -0.15) is 0 Å². The van der Waals surface area contributed by atoms with Crippen molar-refractivity contribution in [3.05, 3.63) is 47.5 Å². The number of hydrogen-bond donors (Lipinski definition) is 2. The molecule has 2 aromatic carbocycles. The van der Waals surface area contributed by atoms with E-state index >= 15 is 0 Å². The van der Waals surface area contributed by atoms with E-state index in [4.69, 9.17) is 22.1 Å². The predicted octanol–water partition coefficient (Wildman–Crippen LogP) is 3.12. The van der Waals surface area contributed by atoms with E-state index < -0.39 is 10.0 Å². The highest BCUT2D eigenvalue weighted by Gasteiger charge is 2.15. The molecule has 5 nitrogen and oxygen atoms in total. The SMILES string of the molecule is CCOc1ccc(NS(=O)(=O)c2cccc(N)c2)cc1Cl. The molecule has 112 valence electrons. The minimum atomic E-state index is -3.71. The lowest BCUT2D eigenvalue weighted by atomic mass is 10.3. The van der Waals surface area contributed by atoms with Gasteiger partial charge in [-0.1, -0.05) is 17.7 Å². The fourth-order valence-corrected chi connectivity index (χ4v) is 3.07. The molecule has 0 aliphatic carbocycles. The van der Waals surface area contributed by atoms with Crippen LogP contribution in [0.3, 0.4) is 0 Å². The average molecular weight is 327 g/mol. The minimum Gasteiger partial charge on any atom is -0.492 e. The molecule has 0 saturated carbocycles. The van der Waals surface area contributed by atoms with E-state index in [2.05, 4.69) is 4.72 Å². The summed E-state index contributed by atoms with van der Waals surface area (Å²) in [4.78, 5) is 0.0903. The third-order valence-electron chi connectivity index (χ3n) is 2.65. The number of nitrogen functional groups attached to an aromatic ring is 1. The first kappa shape index (κ1) is 15.5. The van der Waals surface area contributed by atoms with E-state index in [1.165, 1.54) is 18.2 Å². The molecule has 0 radical (unpaired) electrons. The lowest BCUT2D eigenvalue weighted by Gasteiger charge is -2.11. The third kappa shape index (κ3) is 3.80. The molecule has 0 fully saturated rings. The van der Waals surface area contributed by atoms with Crippen molar-refractivity contribution in [2.24, 2.45) is 0 Å². The van der Waals surface area contributed by atoms with Crippen molar-refractivity contribution in [3.8, 4) is 5.75 Å². The summed E-state index contributed by atoms with van der Waals surface area (Å²) in [5.41, 5.74) is 6.33. The van der Waals surface area contributed by atoms with Gasteiger partial charge in [0.25, 0.3) is 10.0 Å². The van der Waals surface area contributed by atoms with Crippen LogP contribution in [0.5, 0.6) is 5.75 Å². The van der Waals surface area contributed by atoms with Gasteiger partial charge in [-0.25, -0.2) is 8.42 Å². The minimum absolute atomic E-state index is 0.0903. The van der Waals surface area contributed by atoms with Crippen LogP contribution in [-0.4, -0.2) is 15.0 Å². The molecule has 0 amide bonds. The standard InChI is InChI=1S/C14H15ClN2O3S/c1-2-20-14-7-6-11(9-13(14)15)17-21(18,19)12-5-3-4-10(16)8-12/h3-9,17H,2,16H2,1H3. The zero-order chi connectivity index (χ0) is 15.5. The number of hydrogen-bond acceptors (Lipinski definition) is 4. The molecule has 7 heteroatoms. The van der Waals surface area contributed by atoms with Gasteiger partial charge in [-0.15, -0.1) is 0 Å². The van der Waals surface area contributed by atoms with Crippen LogP contribution in [-0.2, 0) is 10.0 Å².